The number of nitrogens with one attached hydrogen (secondary N) is 1. The number of aliphatic hydroxyl groups excluding tert-OH is 1. The fourth-order valence-corrected chi connectivity index (χ4v) is 4.38. The number of rotatable bonds is 5. The highest BCUT2D eigenvalue weighted by molar-refractivity contribution is 7.13. The minimum Gasteiger partial charge on any atom is -0.385 e. The average Bonchev–Trinajstić information content (AvgIpc) is 3.37. The molecule has 0 unspecified atom stereocenters. The van der Waals surface area contributed by atoms with Gasteiger partial charge in [-0.05, 0) is 61.0 Å². The number of hydrogen-bond donors (Lipinski definition) is 2. The number of imidazole rings is 1. The smallest absolute Gasteiger partial charge is 0.135 e. The predicted molar refractivity (Wildman–Crippen MR) is 101 cm³/mol. The first-order valence-corrected chi connectivity index (χ1v) is 9.80. The summed E-state index contributed by atoms with van der Waals surface area (Å²) in [5, 5.41) is 12.4. The summed E-state index contributed by atoms with van der Waals surface area (Å²) in [6.07, 6.45) is 4.76. The first kappa shape index (κ1) is 17.4. The van der Waals surface area contributed by atoms with Crippen molar-refractivity contribution < 1.29 is 9.50 Å². The van der Waals surface area contributed by atoms with Gasteiger partial charge < -0.3 is 10.1 Å². The number of hydrogen-bond acceptors (Lipinski definition) is 4. The molecule has 136 valence electrons. The van der Waals surface area contributed by atoms with Crippen molar-refractivity contribution in [1.29, 1.82) is 0 Å². The standard InChI is InChI=1S/C20H22FN3OS/c21-17-4-3-14(12-16(17)18-2-1-11-26-18)13-24-9-5-15(6-10-24)19(25)20-22-7-8-23-20/h1-4,7-8,11-12,15,19,25H,5-6,9-10,13H2,(H,22,23)/t19-/m0/s1. The van der Waals surface area contributed by atoms with Gasteiger partial charge in [-0.3, -0.25) is 4.90 Å². The molecule has 4 nitrogen and oxygen atoms in total. The van der Waals surface area contributed by atoms with Crippen LogP contribution in [0.1, 0.15) is 30.3 Å². The van der Waals surface area contributed by atoms with Crippen LogP contribution < -0.4 is 0 Å². The van der Waals surface area contributed by atoms with Gasteiger partial charge in [-0.25, -0.2) is 9.37 Å². The Kier molecular flexibility index (Phi) is 5.15. The molecule has 0 aliphatic carbocycles. The minimum atomic E-state index is -0.525. The molecular formula is C20H22FN3OS. The highest BCUT2D eigenvalue weighted by Crippen LogP contribution is 2.31. The Labute approximate surface area is 156 Å². The zero-order valence-corrected chi connectivity index (χ0v) is 15.3. The summed E-state index contributed by atoms with van der Waals surface area (Å²) < 4.78 is 14.1. The van der Waals surface area contributed by atoms with Gasteiger partial charge in [0.15, 0.2) is 0 Å². The van der Waals surface area contributed by atoms with E-state index in [1.165, 1.54) is 0 Å². The van der Waals surface area contributed by atoms with Gasteiger partial charge in [0.05, 0.1) is 0 Å². The quantitative estimate of drug-likeness (QED) is 0.706. The Hall–Kier alpha value is -2.02. The van der Waals surface area contributed by atoms with Gasteiger partial charge >= 0.3 is 0 Å². The van der Waals surface area contributed by atoms with Crippen LogP contribution >= 0.6 is 11.3 Å². The molecule has 4 rings (SSSR count). The van der Waals surface area contributed by atoms with E-state index >= 15 is 0 Å². The zero-order chi connectivity index (χ0) is 17.9. The molecule has 1 saturated heterocycles. The van der Waals surface area contributed by atoms with Crippen molar-refractivity contribution in [3.63, 3.8) is 0 Å². The van der Waals surface area contributed by atoms with Crippen molar-refractivity contribution in [3.05, 3.63) is 65.3 Å². The van der Waals surface area contributed by atoms with Gasteiger partial charge in [0, 0.05) is 29.4 Å². The monoisotopic (exact) mass is 371 g/mol. The molecule has 1 aromatic carbocycles. The van der Waals surface area contributed by atoms with Crippen LogP contribution in [0.25, 0.3) is 10.4 Å². The van der Waals surface area contributed by atoms with E-state index in [1.807, 2.05) is 29.6 Å². The lowest BCUT2D eigenvalue weighted by molar-refractivity contribution is 0.0515. The van der Waals surface area contributed by atoms with Crippen LogP contribution in [-0.2, 0) is 6.54 Å². The summed E-state index contributed by atoms with van der Waals surface area (Å²) in [5.74, 6) is 0.714. The maximum Gasteiger partial charge on any atom is 0.135 e. The molecule has 3 aromatic rings. The molecule has 1 aliphatic heterocycles. The number of benzene rings is 1. The van der Waals surface area contributed by atoms with E-state index < -0.39 is 6.10 Å². The van der Waals surface area contributed by atoms with Crippen molar-refractivity contribution in [2.45, 2.75) is 25.5 Å². The van der Waals surface area contributed by atoms with Gasteiger partial charge in [0.2, 0.25) is 0 Å². The van der Waals surface area contributed by atoms with Gasteiger partial charge in [-0.2, -0.15) is 0 Å². The summed E-state index contributed by atoms with van der Waals surface area (Å²) in [6, 6.07) is 9.30. The van der Waals surface area contributed by atoms with Crippen molar-refractivity contribution in [1.82, 2.24) is 14.9 Å². The maximum atomic E-state index is 14.1. The molecule has 1 atom stereocenters. The van der Waals surface area contributed by atoms with Crippen LogP contribution in [-0.4, -0.2) is 33.1 Å². The first-order valence-electron chi connectivity index (χ1n) is 8.92. The molecule has 6 heteroatoms. The molecule has 26 heavy (non-hydrogen) atoms. The van der Waals surface area contributed by atoms with Crippen LogP contribution in [0, 0.1) is 11.7 Å². The van der Waals surface area contributed by atoms with E-state index in [2.05, 4.69) is 14.9 Å². The normalized spacial score (nSPS) is 17.5. The van der Waals surface area contributed by atoms with E-state index in [-0.39, 0.29) is 11.7 Å². The highest BCUT2D eigenvalue weighted by atomic mass is 32.1. The Bertz CT molecular complexity index is 827. The Morgan fingerprint density at radius 2 is 2.15 bits per heavy atom. The summed E-state index contributed by atoms with van der Waals surface area (Å²) >= 11 is 1.56. The largest absolute Gasteiger partial charge is 0.385 e. The average molecular weight is 371 g/mol. The lowest BCUT2D eigenvalue weighted by atomic mass is 9.90. The van der Waals surface area contributed by atoms with Crippen molar-refractivity contribution >= 4 is 11.3 Å². The molecule has 1 aliphatic rings. The third-order valence-electron chi connectivity index (χ3n) is 5.10. The Morgan fingerprint density at radius 3 is 2.85 bits per heavy atom. The van der Waals surface area contributed by atoms with Crippen LogP contribution in [0.4, 0.5) is 4.39 Å². The molecule has 1 fully saturated rings. The second-order valence-electron chi connectivity index (χ2n) is 6.82. The SMILES string of the molecule is O[C@H](c1ncc[nH]1)C1CCN(Cc2ccc(F)c(-c3cccs3)c2)CC1. The Morgan fingerprint density at radius 1 is 1.31 bits per heavy atom. The number of aromatic nitrogens is 2. The topological polar surface area (TPSA) is 52.2 Å². The highest BCUT2D eigenvalue weighted by Gasteiger charge is 2.27. The third-order valence-corrected chi connectivity index (χ3v) is 6.01. The van der Waals surface area contributed by atoms with Gasteiger partial charge in [0.1, 0.15) is 17.7 Å². The third kappa shape index (κ3) is 3.72. The molecular weight excluding hydrogens is 349 g/mol. The van der Waals surface area contributed by atoms with Gasteiger partial charge in [0.25, 0.3) is 0 Å². The molecule has 0 bridgehead atoms. The molecule has 2 N–H and O–H groups in total. The number of likely N-dealkylation sites (tertiary alicyclic amines) is 1. The summed E-state index contributed by atoms with van der Waals surface area (Å²) in [6.45, 7) is 2.66. The number of aromatic amines is 1. The number of nitrogens with zero attached hydrogens (tertiary/aromatic N) is 2. The van der Waals surface area contributed by atoms with Crippen molar-refractivity contribution in [2.75, 3.05) is 13.1 Å². The summed E-state index contributed by atoms with van der Waals surface area (Å²) in [4.78, 5) is 10.5. The lowest BCUT2D eigenvalue weighted by Gasteiger charge is -2.33. The number of H-pyrrole nitrogens is 1. The van der Waals surface area contributed by atoms with Crippen molar-refractivity contribution in [3.8, 4) is 10.4 Å². The second kappa shape index (κ2) is 7.70. The van der Waals surface area contributed by atoms with Gasteiger partial charge in [-0.1, -0.05) is 12.1 Å². The minimum absolute atomic E-state index is 0.170. The van der Waals surface area contributed by atoms with E-state index in [0.29, 0.717) is 11.4 Å². The first-order chi connectivity index (χ1) is 12.7. The van der Waals surface area contributed by atoms with Crippen LogP contribution in [0.15, 0.2) is 48.1 Å². The maximum absolute atomic E-state index is 14.1. The molecule has 3 heterocycles. The summed E-state index contributed by atoms with van der Waals surface area (Å²) in [7, 11) is 0. The fourth-order valence-electron chi connectivity index (χ4n) is 3.64. The number of aliphatic hydroxyl groups is 1. The van der Waals surface area contributed by atoms with E-state index in [0.717, 1.165) is 42.9 Å². The molecule has 0 spiro atoms. The number of thiophene rings is 1. The molecule has 0 saturated carbocycles. The molecule has 2 aromatic heterocycles. The second-order valence-corrected chi connectivity index (χ2v) is 7.77. The lowest BCUT2D eigenvalue weighted by Crippen LogP contribution is -2.35. The van der Waals surface area contributed by atoms with E-state index in [9.17, 15) is 9.50 Å². The van der Waals surface area contributed by atoms with Crippen LogP contribution in [0.2, 0.25) is 0 Å². The van der Waals surface area contributed by atoms with Crippen LogP contribution in [0.3, 0.4) is 0 Å². The Balaban J connectivity index is 1.38. The molecule has 0 amide bonds. The van der Waals surface area contributed by atoms with Gasteiger partial charge in [-0.15, -0.1) is 11.3 Å². The zero-order valence-electron chi connectivity index (χ0n) is 14.4. The van der Waals surface area contributed by atoms with E-state index in [1.54, 1.807) is 29.8 Å². The number of piperidine rings is 1. The van der Waals surface area contributed by atoms with E-state index in [4.69, 9.17) is 0 Å². The van der Waals surface area contributed by atoms with Crippen molar-refractivity contribution in [2.24, 2.45) is 5.92 Å². The number of halogens is 1. The van der Waals surface area contributed by atoms with Crippen LogP contribution in [0.5, 0.6) is 0 Å². The predicted octanol–water partition coefficient (Wildman–Crippen LogP) is 4.22. The fraction of sp³-hybridized carbons (Fsp3) is 0.350. The summed E-state index contributed by atoms with van der Waals surface area (Å²) in [5.41, 5.74) is 1.81. The molecule has 0 radical (unpaired) electrons.